The van der Waals surface area contributed by atoms with E-state index in [0.717, 1.165) is 4.47 Å². The van der Waals surface area contributed by atoms with Crippen molar-refractivity contribution >= 4 is 38.9 Å². The quantitative estimate of drug-likeness (QED) is 0.624. The van der Waals surface area contributed by atoms with Crippen molar-refractivity contribution in [3.8, 4) is 0 Å². The van der Waals surface area contributed by atoms with Crippen LogP contribution in [0.15, 0.2) is 53.0 Å². The molecule has 0 aliphatic heterocycles. The second-order valence-corrected chi connectivity index (χ2v) is 5.59. The van der Waals surface area contributed by atoms with E-state index in [4.69, 9.17) is 0 Å². The number of halogens is 1. The lowest BCUT2D eigenvalue weighted by molar-refractivity contribution is -0.384. The Morgan fingerprint density at radius 1 is 1.18 bits per heavy atom. The van der Waals surface area contributed by atoms with Gasteiger partial charge in [-0.1, -0.05) is 22.0 Å². The van der Waals surface area contributed by atoms with Gasteiger partial charge in [-0.15, -0.1) is 0 Å². The van der Waals surface area contributed by atoms with Crippen LogP contribution in [0.1, 0.15) is 6.92 Å². The van der Waals surface area contributed by atoms with E-state index in [1.807, 2.05) is 12.1 Å². The van der Waals surface area contributed by atoms with Crippen molar-refractivity contribution in [3.63, 3.8) is 0 Å². The molecule has 0 aliphatic carbocycles. The predicted molar refractivity (Wildman–Crippen MR) is 89.0 cm³/mol. The molecule has 0 bridgehead atoms. The molecule has 0 spiro atoms. The van der Waals surface area contributed by atoms with Crippen molar-refractivity contribution in [1.29, 1.82) is 0 Å². The molecule has 0 unspecified atom stereocenters. The zero-order valence-electron chi connectivity index (χ0n) is 11.7. The summed E-state index contributed by atoms with van der Waals surface area (Å²) in [5.41, 5.74) is 1.18. The summed E-state index contributed by atoms with van der Waals surface area (Å²) in [5, 5.41) is 16.4. The third-order valence-corrected chi connectivity index (χ3v) is 3.47. The molecule has 22 heavy (non-hydrogen) atoms. The number of hydrogen-bond acceptors (Lipinski definition) is 4. The fourth-order valence-corrected chi connectivity index (χ4v) is 2.07. The van der Waals surface area contributed by atoms with Gasteiger partial charge in [0, 0.05) is 28.0 Å². The van der Waals surface area contributed by atoms with Gasteiger partial charge in [0.15, 0.2) is 0 Å². The van der Waals surface area contributed by atoms with E-state index in [2.05, 4.69) is 26.6 Å². The van der Waals surface area contributed by atoms with Crippen LogP contribution in [0.2, 0.25) is 0 Å². The highest BCUT2D eigenvalue weighted by Gasteiger charge is 2.14. The molecular formula is C15H14BrN3O3. The van der Waals surface area contributed by atoms with Crippen molar-refractivity contribution < 1.29 is 9.72 Å². The standard InChI is InChI=1S/C15H14BrN3O3/c1-10(15(20)18-12-7-5-11(16)6-8-12)17-13-3-2-4-14(9-13)19(21)22/h2-10,17H,1H3,(H,18,20)/t10-/m1/s1. The van der Waals surface area contributed by atoms with Gasteiger partial charge in [-0.2, -0.15) is 0 Å². The van der Waals surface area contributed by atoms with Gasteiger partial charge in [0.2, 0.25) is 5.91 Å². The number of carbonyl (C=O) groups excluding carboxylic acids is 1. The normalized spacial score (nSPS) is 11.5. The molecule has 0 radical (unpaired) electrons. The highest BCUT2D eigenvalue weighted by Crippen LogP contribution is 2.18. The van der Waals surface area contributed by atoms with Crippen LogP contribution in [0, 0.1) is 10.1 Å². The second kappa shape index (κ2) is 7.04. The molecule has 0 saturated carbocycles. The smallest absolute Gasteiger partial charge is 0.271 e. The molecule has 7 heteroatoms. The first kappa shape index (κ1) is 16.0. The van der Waals surface area contributed by atoms with Gasteiger partial charge < -0.3 is 10.6 Å². The van der Waals surface area contributed by atoms with E-state index < -0.39 is 11.0 Å². The van der Waals surface area contributed by atoms with E-state index in [0.29, 0.717) is 11.4 Å². The minimum atomic E-state index is -0.536. The maximum absolute atomic E-state index is 12.1. The van der Waals surface area contributed by atoms with E-state index in [1.54, 1.807) is 31.2 Å². The number of amides is 1. The molecule has 114 valence electrons. The van der Waals surface area contributed by atoms with Crippen molar-refractivity contribution in [1.82, 2.24) is 0 Å². The molecule has 1 atom stereocenters. The topological polar surface area (TPSA) is 84.3 Å². The summed E-state index contributed by atoms with van der Waals surface area (Å²) in [6, 6.07) is 12.7. The van der Waals surface area contributed by atoms with Crippen molar-refractivity contribution in [2.45, 2.75) is 13.0 Å². The molecule has 1 amide bonds. The van der Waals surface area contributed by atoms with Crippen LogP contribution in [-0.4, -0.2) is 16.9 Å². The Hall–Kier alpha value is -2.41. The summed E-state index contributed by atoms with van der Waals surface area (Å²) in [5.74, 6) is -0.228. The number of nitro benzene ring substituents is 1. The first-order valence-corrected chi connectivity index (χ1v) is 7.32. The average Bonchev–Trinajstić information content (AvgIpc) is 2.49. The molecule has 0 aliphatic rings. The fourth-order valence-electron chi connectivity index (χ4n) is 1.81. The molecule has 0 fully saturated rings. The summed E-state index contributed by atoms with van der Waals surface area (Å²) < 4.78 is 0.924. The molecule has 0 saturated heterocycles. The van der Waals surface area contributed by atoms with E-state index in [1.165, 1.54) is 12.1 Å². The fraction of sp³-hybridized carbons (Fsp3) is 0.133. The van der Waals surface area contributed by atoms with Gasteiger partial charge in [0.1, 0.15) is 6.04 Å². The van der Waals surface area contributed by atoms with E-state index in [-0.39, 0.29) is 11.6 Å². The van der Waals surface area contributed by atoms with Gasteiger partial charge in [-0.05, 0) is 37.3 Å². The number of nitrogens with zero attached hydrogens (tertiary/aromatic N) is 1. The van der Waals surface area contributed by atoms with Crippen LogP contribution in [0.3, 0.4) is 0 Å². The number of hydrogen-bond donors (Lipinski definition) is 2. The minimum Gasteiger partial charge on any atom is -0.374 e. The van der Waals surface area contributed by atoms with Crippen LogP contribution in [0.5, 0.6) is 0 Å². The SMILES string of the molecule is C[C@@H](Nc1cccc([N+](=O)[O-])c1)C(=O)Nc1ccc(Br)cc1. The van der Waals surface area contributed by atoms with Gasteiger partial charge in [0.25, 0.3) is 5.69 Å². The Bertz CT molecular complexity index is 689. The first-order valence-electron chi connectivity index (χ1n) is 6.53. The molecule has 2 aromatic rings. The Balaban J connectivity index is 2.00. The third kappa shape index (κ3) is 4.29. The number of rotatable bonds is 5. The van der Waals surface area contributed by atoms with Crippen LogP contribution in [0.4, 0.5) is 17.1 Å². The molecule has 6 nitrogen and oxygen atoms in total. The predicted octanol–water partition coefficient (Wildman–Crippen LogP) is 3.80. The maximum Gasteiger partial charge on any atom is 0.271 e. The molecule has 0 aromatic heterocycles. The van der Waals surface area contributed by atoms with E-state index >= 15 is 0 Å². The Morgan fingerprint density at radius 3 is 2.50 bits per heavy atom. The zero-order chi connectivity index (χ0) is 16.1. The molecule has 0 heterocycles. The zero-order valence-corrected chi connectivity index (χ0v) is 13.3. The number of anilines is 2. The van der Waals surface area contributed by atoms with Crippen LogP contribution < -0.4 is 10.6 Å². The van der Waals surface area contributed by atoms with Crippen molar-refractivity contribution in [2.24, 2.45) is 0 Å². The third-order valence-electron chi connectivity index (χ3n) is 2.95. The first-order chi connectivity index (χ1) is 10.5. The summed E-state index contributed by atoms with van der Waals surface area (Å²) in [6.45, 7) is 1.69. The minimum absolute atomic E-state index is 0.0227. The van der Waals surface area contributed by atoms with Crippen LogP contribution in [-0.2, 0) is 4.79 Å². The second-order valence-electron chi connectivity index (χ2n) is 4.67. The number of non-ortho nitro benzene ring substituents is 1. The van der Waals surface area contributed by atoms with Crippen LogP contribution >= 0.6 is 15.9 Å². The Labute approximate surface area is 135 Å². The highest BCUT2D eigenvalue weighted by atomic mass is 79.9. The van der Waals surface area contributed by atoms with Gasteiger partial charge in [-0.3, -0.25) is 14.9 Å². The van der Waals surface area contributed by atoms with Gasteiger partial charge in [-0.25, -0.2) is 0 Å². The molecule has 2 aromatic carbocycles. The van der Waals surface area contributed by atoms with Gasteiger partial charge >= 0.3 is 0 Å². The molecule has 2 rings (SSSR count). The lowest BCUT2D eigenvalue weighted by Crippen LogP contribution is -2.31. The molecular weight excluding hydrogens is 350 g/mol. The van der Waals surface area contributed by atoms with Crippen molar-refractivity contribution in [2.75, 3.05) is 10.6 Å². The number of carbonyl (C=O) groups is 1. The lowest BCUT2D eigenvalue weighted by Gasteiger charge is -2.15. The summed E-state index contributed by atoms with van der Waals surface area (Å²) in [4.78, 5) is 22.4. The highest BCUT2D eigenvalue weighted by molar-refractivity contribution is 9.10. The summed E-state index contributed by atoms with van der Waals surface area (Å²) >= 11 is 3.32. The average molecular weight is 364 g/mol. The molecule has 2 N–H and O–H groups in total. The Kier molecular flexibility index (Phi) is 5.11. The van der Waals surface area contributed by atoms with Crippen molar-refractivity contribution in [3.05, 3.63) is 63.1 Å². The summed E-state index contributed by atoms with van der Waals surface area (Å²) in [6.07, 6.45) is 0. The Morgan fingerprint density at radius 2 is 1.86 bits per heavy atom. The number of benzene rings is 2. The number of nitro groups is 1. The maximum atomic E-state index is 12.1. The number of nitrogens with one attached hydrogen (secondary N) is 2. The van der Waals surface area contributed by atoms with Crippen LogP contribution in [0.25, 0.3) is 0 Å². The van der Waals surface area contributed by atoms with Gasteiger partial charge in [0.05, 0.1) is 4.92 Å². The van der Waals surface area contributed by atoms with E-state index in [9.17, 15) is 14.9 Å². The summed E-state index contributed by atoms with van der Waals surface area (Å²) in [7, 11) is 0. The lowest BCUT2D eigenvalue weighted by atomic mass is 10.2. The monoisotopic (exact) mass is 363 g/mol. The largest absolute Gasteiger partial charge is 0.374 e.